The molecule has 6 rings (SSSR count). The first kappa shape index (κ1) is 36.4. The first-order chi connectivity index (χ1) is 21.7. The Hall–Kier alpha value is -3.44. The molecule has 0 unspecified atom stereocenters. The molecule has 4 heterocycles. The molecule has 1 radical (unpaired) electrons. The van der Waals surface area contributed by atoms with E-state index in [-0.39, 0.29) is 25.5 Å². The van der Waals surface area contributed by atoms with Gasteiger partial charge in [0.05, 0.1) is 13.7 Å². The molecular formula is C41H47IrN3OSi-2. The molecule has 0 saturated carbocycles. The molecule has 0 saturated heterocycles. The molecule has 2 aromatic carbocycles. The fourth-order valence-corrected chi connectivity index (χ4v) is 7.28. The Kier molecular flexibility index (Phi) is 11.4. The van der Waals surface area contributed by atoms with E-state index >= 15 is 0 Å². The number of benzene rings is 2. The molecule has 4 nitrogen and oxygen atoms in total. The molecule has 6 heteroatoms. The standard InChI is InChI=1S/C22H32NSi.C19H15N2O.Ir/c1-16(2)13-18-14-20(23-15-21(18)24(6,7)8)17-9-11-19(12-10-17)22(3,4)5;1-12(2)13-8-10-20-17(11-13)16-6-3-5-14-15-7-4-9-21-19(15)22-18(14)16;/h9,11-12,14-16H,13H2,1-8H3;3-5,7-12H,1-2H3;/q2*-1;. The minimum atomic E-state index is -1.38. The van der Waals surface area contributed by atoms with Crippen LogP contribution in [0.3, 0.4) is 0 Å². The summed E-state index contributed by atoms with van der Waals surface area (Å²) in [6.07, 6.45) is 6.84. The molecule has 0 atom stereocenters. The Morgan fingerprint density at radius 3 is 2.23 bits per heavy atom. The van der Waals surface area contributed by atoms with E-state index in [1.54, 1.807) is 6.20 Å². The van der Waals surface area contributed by atoms with Gasteiger partial charge < -0.3 is 14.4 Å². The van der Waals surface area contributed by atoms with E-state index in [2.05, 4.69) is 133 Å². The fourth-order valence-electron chi connectivity index (χ4n) is 5.69. The summed E-state index contributed by atoms with van der Waals surface area (Å²) >= 11 is 0. The molecule has 0 fully saturated rings. The number of nitrogens with zero attached hydrogens (tertiary/aromatic N) is 3. The third kappa shape index (κ3) is 8.54. The second kappa shape index (κ2) is 14.8. The largest absolute Gasteiger partial charge is 0.486 e. The van der Waals surface area contributed by atoms with E-state index in [9.17, 15) is 0 Å². The minimum Gasteiger partial charge on any atom is -0.486 e. The number of aromatic nitrogens is 3. The van der Waals surface area contributed by atoms with Gasteiger partial charge in [-0.2, -0.15) is 0 Å². The zero-order valence-corrected chi connectivity index (χ0v) is 32.8. The molecule has 0 bridgehead atoms. The van der Waals surface area contributed by atoms with E-state index in [4.69, 9.17) is 9.40 Å². The van der Waals surface area contributed by atoms with Gasteiger partial charge in [0.1, 0.15) is 0 Å². The van der Waals surface area contributed by atoms with Gasteiger partial charge in [-0.3, -0.25) is 0 Å². The monoisotopic (exact) mass is 818 g/mol. The van der Waals surface area contributed by atoms with Gasteiger partial charge in [-0.1, -0.05) is 102 Å². The van der Waals surface area contributed by atoms with Crippen molar-refractivity contribution >= 4 is 35.3 Å². The van der Waals surface area contributed by atoms with Crippen LogP contribution in [0.25, 0.3) is 44.6 Å². The molecule has 0 aliphatic heterocycles. The molecule has 0 amide bonds. The van der Waals surface area contributed by atoms with E-state index in [1.807, 2.05) is 30.5 Å². The predicted molar refractivity (Wildman–Crippen MR) is 196 cm³/mol. The van der Waals surface area contributed by atoms with Crippen LogP contribution in [0.15, 0.2) is 83.7 Å². The first-order valence-corrected chi connectivity index (χ1v) is 19.9. The van der Waals surface area contributed by atoms with Crippen LogP contribution in [0.4, 0.5) is 0 Å². The van der Waals surface area contributed by atoms with Crippen LogP contribution in [0.1, 0.15) is 71.1 Å². The van der Waals surface area contributed by atoms with Gasteiger partial charge in [0.2, 0.25) is 5.71 Å². The van der Waals surface area contributed by atoms with E-state index in [0.717, 1.165) is 45.3 Å². The molecule has 0 aliphatic rings. The molecule has 0 aliphatic carbocycles. The smallest absolute Gasteiger partial charge is 0.216 e. The van der Waals surface area contributed by atoms with Crippen LogP contribution in [0.2, 0.25) is 19.6 Å². The summed E-state index contributed by atoms with van der Waals surface area (Å²) in [6, 6.07) is 27.5. The summed E-state index contributed by atoms with van der Waals surface area (Å²) in [7, 11) is -1.38. The number of hydrogen-bond acceptors (Lipinski definition) is 4. The van der Waals surface area contributed by atoms with Crippen molar-refractivity contribution in [2.45, 2.75) is 85.9 Å². The Bertz CT molecular complexity index is 1950. The SMILES string of the molecule is CC(C)Cc1cc(-c2[c-]cc(C(C)(C)C)cc2)ncc1[Si](C)(C)C.CC(C)c1ccnc(-c2[c-]ccc3c2oc2ncccc23)c1.[Ir]. The zero-order valence-electron chi connectivity index (χ0n) is 29.5. The normalized spacial score (nSPS) is 11.9. The summed E-state index contributed by atoms with van der Waals surface area (Å²) in [6.45, 7) is 22.8. The number of hydrogen-bond donors (Lipinski definition) is 0. The fraction of sp³-hybridized carbons (Fsp3) is 0.341. The summed E-state index contributed by atoms with van der Waals surface area (Å²) < 4.78 is 5.96. The molecule has 6 aromatic rings. The van der Waals surface area contributed by atoms with E-state index < -0.39 is 8.07 Å². The molecular weight excluding hydrogens is 771 g/mol. The summed E-state index contributed by atoms with van der Waals surface area (Å²) in [5, 5.41) is 3.56. The number of pyridine rings is 3. The zero-order chi connectivity index (χ0) is 33.2. The minimum absolute atomic E-state index is 0. The van der Waals surface area contributed by atoms with Gasteiger partial charge in [0.15, 0.2) is 0 Å². The van der Waals surface area contributed by atoms with Crippen molar-refractivity contribution in [3.8, 4) is 22.5 Å². The topological polar surface area (TPSA) is 51.8 Å². The Balaban J connectivity index is 0.000000209. The third-order valence-corrected chi connectivity index (χ3v) is 10.4. The van der Waals surface area contributed by atoms with Gasteiger partial charge in [-0.25, -0.2) is 4.98 Å². The van der Waals surface area contributed by atoms with Crippen molar-refractivity contribution in [2.24, 2.45) is 5.92 Å². The van der Waals surface area contributed by atoms with Crippen LogP contribution in [-0.2, 0) is 31.9 Å². The molecule has 47 heavy (non-hydrogen) atoms. The maximum Gasteiger partial charge on any atom is 0.216 e. The maximum absolute atomic E-state index is 5.96. The Morgan fingerprint density at radius 2 is 1.60 bits per heavy atom. The molecule has 247 valence electrons. The first-order valence-electron chi connectivity index (χ1n) is 16.4. The number of fused-ring (bicyclic) bond motifs is 3. The average Bonchev–Trinajstić information content (AvgIpc) is 3.39. The Morgan fingerprint density at radius 1 is 0.830 bits per heavy atom. The molecule has 0 N–H and O–H groups in total. The van der Waals surface area contributed by atoms with Crippen molar-refractivity contribution in [1.82, 2.24) is 15.0 Å². The number of furan rings is 1. The van der Waals surface area contributed by atoms with Crippen LogP contribution in [-0.4, -0.2) is 23.0 Å². The van der Waals surface area contributed by atoms with Gasteiger partial charge in [0.25, 0.3) is 0 Å². The Labute approximate surface area is 295 Å². The van der Waals surface area contributed by atoms with E-state index in [0.29, 0.717) is 17.5 Å². The summed E-state index contributed by atoms with van der Waals surface area (Å²) in [5.74, 6) is 1.11. The second-order valence-electron chi connectivity index (χ2n) is 15.0. The quantitative estimate of drug-likeness (QED) is 0.124. The van der Waals surface area contributed by atoms with Crippen LogP contribution in [0.5, 0.6) is 0 Å². The van der Waals surface area contributed by atoms with Crippen molar-refractivity contribution < 1.29 is 24.5 Å². The van der Waals surface area contributed by atoms with Gasteiger partial charge in [-0.15, -0.1) is 53.6 Å². The van der Waals surface area contributed by atoms with Gasteiger partial charge >= 0.3 is 0 Å². The second-order valence-corrected chi connectivity index (χ2v) is 20.0. The summed E-state index contributed by atoms with van der Waals surface area (Å²) in [5.41, 5.74) is 9.56. The maximum atomic E-state index is 5.96. The van der Waals surface area contributed by atoms with Crippen LogP contribution in [0, 0.1) is 18.1 Å². The third-order valence-electron chi connectivity index (χ3n) is 8.30. The summed E-state index contributed by atoms with van der Waals surface area (Å²) in [4.78, 5) is 13.6. The van der Waals surface area contributed by atoms with Crippen molar-refractivity contribution in [3.05, 3.63) is 108 Å². The molecule has 0 spiro atoms. The average molecular weight is 818 g/mol. The molecule has 4 aromatic heterocycles. The van der Waals surface area contributed by atoms with Crippen molar-refractivity contribution in [3.63, 3.8) is 0 Å². The van der Waals surface area contributed by atoms with Gasteiger partial charge in [-0.05, 0) is 58.4 Å². The predicted octanol–water partition coefficient (Wildman–Crippen LogP) is 10.6. The van der Waals surface area contributed by atoms with Crippen molar-refractivity contribution in [2.75, 3.05) is 0 Å². The number of rotatable bonds is 6. The van der Waals surface area contributed by atoms with Crippen LogP contribution < -0.4 is 5.19 Å². The van der Waals surface area contributed by atoms with Crippen LogP contribution >= 0.6 is 0 Å². The van der Waals surface area contributed by atoms with Gasteiger partial charge in [0, 0.05) is 44.1 Å². The van der Waals surface area contributed by atoms with Crippen molar-refractivity contribution in [1.29, 1.82) is 0 Å². The van der Waals surface area contributed by atoms with E-state index in [1.165, 1.54) is 21.9 Å².